The molecule has 1 aromatic carbocycles. The second-order valence-corrected chi connectivity index (χ2v) is 5.98. The van der Waals surface area contributed by atoms with Crippen molar-refractivity contribution in [3.8, 4) is 11.5 Å². The van der Waals surface area contributed by atoms with Gasteiger partial charge in [-0.1, -0.05) is 13.8 Å². The van der Waals surface area contributed by atoms with E-state index >= 15 is 0 Å². The molecule has 0 radical (unpaired) electrons. The quantitative estimate of drug-likeness (QED) is 0.540. The van der Waals surface area contributed by atoms with Gasteiger partial charge in [-0.2, -0.15) is 0 Å². The van der Waals surface area contributed by atoms with E-state index in [9.17, 15) is 14.4 Å². The molecule has 1 N–H and O–H groups in total. The molecule has 0 aliphatic heterocycles. The van der Waals surface area contributed by atoms with Crippen LogP contribution in [-0.2, 0) is 14.3 Å². The van der Waals surface area contributed by atoms with Crippen LogP contribution < -0.4 is 14.8 Å². The monoisotopic (exact) mass is 351 g/mol. The van der Waals surface area contributed by atoms with E-state index < -0.39 is 12.1 Å². The maximum Gasteiger partial charge on any atom is 0.344 e. The summed E-state index contributed by atoms with van der Waals surface area (Å²) >= 11 is 0. The predicted octanol–water partition coefficient (Wildman–Crippen LogP) is 1.98. The molecule has 0 bridgehead atoms. The van der Waals surface area contributed by atoms with Crippen LogP contribution in [0.3, 0.4) is 0 Å². The fraction of sp³-hybridized carbons (Fsp3) is 0.500. The largest absolute Gasteiger partial charge is 0.493 e. The third-order valence-electron chi connectivity index (χ3n) is 3.28. The van der Waals surface area contributed by atoms with Gasteiger partial charge in [0, 0.05) is 12.1 Å². The van der Waals surface area contributed by atoms with Gasteiger partial charge in [-0.3, -0.25) is 9.59 Å². The lowest BCUT2D eigenvalue weighted by Crippen LogP contribution is -2.38. The number of rotatable bonds is 9. The molecule has 1 amide bonds. The molecular weight excluding hydrogens is 326 g/mol. The Morgan fingerprint density at radius 2 is 1.80 bits per heavy atom. The van der Waals surface area contributed by atoms with Crippen molar-refractivity contribution in [2.24, 2.45) is 5.92 Å². The Morgan fingerprint density at radius 3 is 2.36 bits per heavy atom. The van der Waals surface area contributed by atoms with E-state index in [1.54, 1.807) is 12.1 Å². The number of amides is 1. The number of carbonyl (C=O) groups excluding carboxylic acids is 3. The van der Waals surface area contributed by atoms with Crippen LogP contribution in [0, 0.1) is 5.92 Å². The summed E-state index contributed by atoms with van der Waals surface area (Å²) in [5.74, 6) is -0.189. The highest BCUT2D eigenvalue weighted by Crippen LogP contribution is 2.28. The van der Waals surface area contributed by atoms with Crippen LogP contribution in [0.15, 0.2) is 18.2 Å². The SMILES string of the molecule is COc1cc(C(C)=O)ccc1OCC(=O)O[C@H](C)C(=O)NCC(C)C. The smallest absolute Gasteiger partial charge is 0.344 e. The van der Waals surface area contributed by atoms with Crippen molar-refractivity contribution in [3.63, 3.8) is 0 Å². The molecule has 0 saturated heterocycles. The van der Waals surface area contributed by atoms with Crippen LogP contribution >= 0.6 is 0 Å². The Labute approximate surface area is 147 Å². The Bertz CT molecular complexity index is 626. The summed E-state index contributed by atoms with van der Waals surface area (Å²) < 4.78 is 15.5. The Balaban J connectivity index is 2.56. The van der Waals surface area contributed by atoms with E-state index in [1.165, 1.54) is 27.0 Å². The molecule has 1 aromatic rings. The summed E-state index contributed by atoms with van der Waals surface area (Å²) in [4.78, 5) is 35.0. The Hall–Kier alpha value is -2.57. The fourth-order valence-electron chi connectivity index (χ4n) is 1.88. The molecule has 0 aliphatic rings. The molecule has 0 saturated carbocycles. The van der Waals surface area contributed by atoms with Gasteiger partial charge in [0.05, 0.1) is 7.11 Å². The topological polar surface area (TPSA) is 90.9 Å². The maximum absolute atomic E-state index is 11.8. The summed E-state index contributed by atoms with van der Waals surface area (Å²) in [6, 6.07) is 4.65. The third-order valence-corrected chi connectivity index (χ3v) is 3.28. The molecule has 0 fully saturated rings. The third kappa shape index (κ3) is 6.82. The molecule has 1 atom stereocenters. The summed E-state index contributed by atoms with van der Waals surface area (Å²) in [5, 5.41) is 2.69. The van der Waals surface area contributed by atoms with Crippen LogP contribution in [0.2, 0.25) is 0 Å². The highest BCUT2D eigenvalue weighted by atomic mass is 16.6. The Kier molecular flexibility index (Phi) is 7.91. The van der Waals surface area contributed by atoms with Crippen molar-refractivity contribution in [1.29, 1.82) is 0 Å². The zero-order valence-corrected chi connectivity index (χ0v) is 15.3. The first-order valence-electron chi connectivity index (χ1n) is 8.03. The van der Waals surface area contributed by atoms with E-state index in [2.05, 4.69) is 5.32 Å². The van der Waals surface area contributed by atoms with Crippen molar-refractivity contribution in [2.45, 2.75) is 33.8 Å². The standard InChI is InChI=1S/C18H25NO6/c1-11(2)9-19-18(22)13(4)25-17(21)10-24-15-7-6-14(12(3)20)8-16(15)23-5/h6-8,11,13H,9-10H2,1-5H3,(H,19,22)/t13-/m1/s1. The lowest BCUT2D eigenvalue weighted by Gasteiger charge is -2.15. The number of hydrogen-bond donors (Lipinski definition) is 1. The highest BCUT2D eigenvalue weighted by molar-refractivity contribution is 5.94. The minimum absolute atomic E-state index is 0.106. The molecule has 0 aliphatic carbocycles. The van der Waals surface area contributed by atoms with Crippen molar-refractivity contribution in [2.75, 3.05) is 20.3 Å². The van der Waals surface area contributed by atoms with E-state index in [4.69, 9.17) is 14.2 Å². The molecule has 1 rings (SSSR count). The normalized spacial score (nSPS) is 11.6. The first-order valence-corrected chi connectivity index (χ1v) is 8.03. The summed E-state index contributed by atoms with van der Waals surface area (Å²) in [7, 11) is 1.44. The number of Topliss-reactive ketones (excluding diaryl/α,β-unsaturated/α-hetero) is 1. The maximum atomic E-state index is 11.8. The number of nitrogens with one attached hydrogen (secondary N) is 1. The molecule has 0 aromatic heterocycles. The van der Waals surface area contributed by atoms with Crippen molar-refractivity contribution < 1.29 is 28.6 Å². The minimum Gasteiger partial charge on any atom is -0.493 e. The minimum atomic E-state index is -0.906. The van der Waals surface area contributed by atoms with Crippen molar-refractivity contribution >= 4 is 17.7 Å². The van der Waals surface area contributed by atoms with E-state index in [0.29, 0.717) is 29.5 Å². The first kappa shape index (κ1) is 20.5. The van der Waals surface area contributed by atoms with Crippen LogP contribution in [0.4, 0.5) is 0 Å². The molecule has 25 heavy (non-hydrogen) atoms. The molecule has 7 nitrogen and oxygen atoms in total. The van der Waals surface area contributed by atoms with E-state index in [-0.39, 0.29) is 18.3 Å². The summed E-state index contributed by atoms with van der Waals surface area (Å²) in [6.45, 7) is 7.01. The van der Waals surface area contributed by atoms with Crippen LogP contribution in [0.25, 0.3) is 0 Å². The van der Waals surface area contributed by atoms with E-state index in [1.807, 2.05) is 13.8 Å². The molecular formula is C18H25NO6. The van der Waals surface area contributed by atoms with Crippen LogP contribution in [0.5, 0.6) is 11.5 Å². The van der Waals surface area contributed by atoms with Gasteiger partial charge in [-0.15, -0.1) is 0 Å². The number of benzene rings is 1. The number of methoxy groups -OCH3 is 1. The Morgan fingerprint density at radius 1 is 1.12 bits per heavy atom. The van der Waals surface area contributed by atoms with Gasteiger partial charge in [-0.05, 0) is 38.0 Å². The van der Waals surface area contributed by atoms with E-state index in [0.717, 1.165) is 0 Å². The van der Waals surface area contributed by atoms with Crippen LogP contribution in [0.1, 0.15) is 38.1 Å². The lowest BCUT2D eigenvalue weighted by molar-refractivity contribution is -0.156. The number of carbonyl (C=O) groups is 3. The molecule has 0 heterocycles. The second-order valence-electron chi connectivity index (χ2n) is 5.98. The molecule has 0 unspecified atom stereocenters. The molecule has 7 heteroatoms. The summed E-state index contributed by atoms with van der Waals surface area (Å²) in [6.07, 6.45) is -0.906. The highest BCUT2D eigenvalue weighted by Gasteiger charge is 2.18. The van der Waals surface area contributed by atoms with Crippen molar-refractivity contribution in [3.05, 3.63) is 23.8 Å². The number of hydrogen-bond acceptors (Lipinski definition) is 6. The number of esters is 1. The van der Waals surface area contributed by atoms with Gasteiger partial charge in [0.2, 0.25) is 0 Å². The fourth-order valence-corrected chi connectivity index (χ4v) is 1.88. The van der Waals surface area contributed by atoms with Crippen molar-refractivity contribution in [1.82, 2.24) is 5.32 Å². The van der Waals surface area contributed by atoms with Gasteiger partial charge in [0.25, 0.3) is 5.91 Å². The number of ketones is 1. The average Bonchev–Trinajstić information content (AvgIpc) is 2.57. The zero-order chi connectivity index (χ0) is 19.0. The lowest BCUT2D eigenvalue weighted by atomic mass is 10.1. The molecule has 0 spiro atoms. The van der Waals surface area contributed by atoms with Gasteiger partial charge in [-0.25, -0.2) is 4.79 Å². The predicted molar refractivity (Wildman–Crippen MR) is 91.9 cm³/mol. The summed E-state index contributed by atoms with van der Waals surface area (Å²) in [5.41, 5.74) is 0.474. The van der Waals surface area contributed by atoms with Gasteiger partial charge >= 0.3 is 5.97 Å². The van der Waals surface area contributed by atoms with Gasteiger partial charge < -0.3 is 19.5 Å². The van der Waals surface area contributed by atoms with Crippen LogP contribution in [-0.4, -0.2) is 44.0 Å². The van der Waals surface area contributed by atoms with Gasteiger partial charge in [0.1, 0.15) is 0 Å². The van der Waals surface area contributed by atoms with Gasteiger partial charge in [0.15, 0.2) is 30.0 Å². The molecule has 138 valence electrons. The first-order chi connectivity index (χ1) is 11.7. The number of ether oxygens (including phenoxy) is 3. The zero-order valence-electron chi connectivity index (χ0n) is 15.3. The second kappa shape index (κ2) is 9.66. The average molecular weight is 351 g/mol.